The summed E-state index contributed by atoms with van der Waals surface area (Å²) >= 11 is 0. The third kappa shape index (κ3) is 6.27. The van der Waals surface area contributed by atoms with E-state index in [9.17, 15) is 16.8 Å². The molecule has 0 aliphatic rings. The average Bonchev–Trinajstić information content (AvgIpc) is 1.84. The first-order valence-electron chi connectivity index (χ1n) is 2.97. The monoisotopic (exact) mass is 202 g/mol. The van der Waals surface area contributed by atoms with Gasteiger partial charge in [0.15, 0.2) is 0 Å². The Labute approximate surface area is 67.4 Å². The van der Waals surface area contributed by atoms with Crippen LogP contribution in [-0.4, -0.2) is 34.9 Å². The first-order valence-corrected chi connectivity index (χ1v) is 5.91. The van der Waals surface area contributed by atoms with Crippen LogP contribution in [-0.2, 0) is 25.0 Å². The van der Waals surface area contributed by atoms with Crippen LogP contribution in [0.15, 0.2) is 0 Å². The second-order valence-corrected chi connectivity index (χ2v) is 4.60. The van der Waals surface area contributed by atoms with Crippen LogP contribution < -0.4 is 0 Å². The maximum absolute atomic E-state index is 10.6. The van der Waals surface area contributed by atoms with Crippen molar-refractivity contribution in [1.29, 1.82) is 0 Å². The summed E-state index contributed by atoms with van der Waals surface area (Å²) in [6.45, 7) is 1.56. The standard InChI is InChI=1S/C4H10O5S2/c1-2-9-11(7,8)4-3-10(5)6/h10H,2-4H2,1H3. The van der Waals surface area contributed by atoms with Crippen molar-refractivity contribution < 1.29 is 21.0 Å². The van der Waals surface area contributed by atoms with E-state index in [1.54, 1.807) is 0 Å². The Morgan fingerprint density at radius 1 is 1.36 bits per heavy atom. The van der Waals surface area contributed by atoms with Crippen LogP contribution in [0.25, 0.3) is 0 Å². The lowest BCUT2D eigenvalue weighted by atomic mass is 10.9. The van der Waals surface area contributed by atoms with Gasteiger partial charge in [-0.05, 0) is 6.92 Å². The van der Waals surface area contributed by atoms with Gasteiger partial charge in [-0.15, -0.1) is 0 Å². The topological polar surface area (TPSA) is 77.5 Å². The van der Waals surface area contributed by atoms with Gasteiger partial charge in [0.2, 0.25) is 0 Å². The molecule has 5 nitrogen and oxygen atoms in total. The first kappa shape index (κ1) is 10.9. The van der Waals surface area contributed by atoms with Gasteiger partial charge in [0.05, 0.1) is 18.1 Å². The second-order valence-electron chi connectivity index (χ2n) is 1.72. The lowest BCUT2D eigenvalue weighted by Gasteiger charge is -1.98. The molecular formula is C4H10O5S2. The molecule has 0 bridgehead atoms. The maximum Gasteiger partial charge on any atom is 0.268 e. The lowest BCUT2D eigenvalue weighted by Crippen LogP contribution is -2.13. The number of thiol groups is 1. The van der Waals surface area contributed by atoms with Crippen LogP contribution in [0.4, 0.5) is 0 Å². The lowest BCUT2D eigenvalue weighted by molar-refractivity contribution is 0.339. The van der Waals surface area contributed by atoms with E-state index in [1.807, 2.05) is 0 Å². The van der Waals surface area contributed by atoms with Crippen molar-refractivity contribution in [3.8, 4) is 0 Å². The Bertz CT molecular complexity index is 254. The molecule has 0 aromatic rings. The Balaban J connectivity index is 3.93. The van der Waals surface area contributed by atoms with Gasteiger partial charge in [0.25, 0.3) is 10.1 Å². The Morgan fingerprint density at radius 2 is 1.91 bits per heavy atom. The zero-order chi connectivity index (χ0) is 8.91. The van der Waals surface area contributed by atoms with E-state index in [-0.39, 0.29) is 12.4 Å². The van der Waals surface area contributed by atoms with Crippen LogP contribution in [0.1, 0.15) is 6.92 Å². The molecule has 0 heterocycles. The van der Waals surface area contributed by atoms with Crippen molar-refractivity contribution in [2.24, 2.45) is 0 Å². The molecule has 0 radical (unpaired) electrons. The molecule has 0 atom stereocenters. The normalized spacial score (nSPS) is 12.2. The van der Waals surface area contributed by atoms with Crippen molar-refractivity contribution in [2.45, 2.75) is 6.92 Å². The molecule has 0 aliphatic carbocycles. The fourth-order valence-electron chi connectivity index (χ4n) is 0.425. The molecule has 0 spiro atoms. The summed E-state index contributed by atoms with van der Waals surface area (Å²) in [5.41, 5.74) is 0. The van der Waals surface area contributed by atoms with Gasteiger partial charge >= 0.3 is 0 Å². The fraction of sp³-hybridized carbons (Fsp3) is 1.00. The van der Waals surface area contributed by atoms with Crippen molar-refractivity contribution in [1.82, 2.24) is 0 Å². The Hall–Kier alpha value is -0.140. The van der Waals surface area contributed by atoms with E-state index < -0.39 is 26.6 Å². The highest BCUT2D eigenvalue weighted by molar-refractivity contribution is 7.87. The summed E-state index contributed by atoms with van der Waals surface area (Å²) in [6.07, 6.45) is 0. The molecule has 0 amide bonds. The summed E-state index contributed by atoms with van der Waals surface area (Å²) in [5.74, 6) is -0.836. The SMILES string of the molecule is CCOS(=O)(=O)CC[SH](=O)=O. The Kier molecular flexibility index (Phi) is 4.62. The second kappa shape index (κ2) is 4.68. The van der Waals surface area contributed by atoms with Crippen LogP contribution in [0.2, 0.25) is 0 Å². The molecule has 0 N–H and O–H groups in total. The molecule has 0 aromatic heterocycles. The summed E-state index contributed by atoms with van der Waals surface area (Å²) < 4.78 is 45.5. The number of hydrogen-bond acceptors (Lipinski definition) is 5. The van der Waals surface area contributed by atoms with Crippen molar-refractivity contribution in [3.05, 3.63) is 0 Å². The quantitative estimate of drug-likeness (QED) is 0.455. The largest absolute Gasteiger partial charge is 0.270 e. The van der Waals surface area contributed by atoms with Crippen LogP contribution in [0.3, 0.4) is 0 Å². The fourth-order valence-corrected chi connectivity index (χ4v) is 2.39. The first-order chi connectivity index (χ1) is 4.98. The summed E-state index contributed by atoms with van der Waals surface area (Å²) in [6, 6.07) is 0. The van der Waals surface area contributed by atoms with Crippen LogP contribution >= 0.6 is 0 Å². The van der Waals surface area contributed by atoms with E-state index >= 15 is 0 Å². The van der Waals surface area contributed by atoms with Crippen molar-refractivity contribution >= 4 is 20.8 Å². The van der Waals surface area contributed by atoms with Crippen molar-refractivity contribution in [2.75, 3.05) is 18.1 Å². The van der Waals surface area contributed by atoms with E-state index in [1.165, 1.54) is 6.92 Å². The van der Waals surface area contributed by atoms with Crippen molar-refractivity contribution in [3.63, 3.8) is 0 Å². The summed E-state index contributed by atoms with van der Waals surface area (Å²) in [7, 11) is -6.25. The molecule has 0 saturated carbocycles. The van der Waals surface area contributed by atoms with E-state index in [4.69, 9.17) is 0 Å². The van der Waals surface area contributed by atoms with Gasteiger partial charge in [-0.2, -0.15) is 8.42 Å². The van der Waals surface area contributed by atoms with Gasteiger partial charge in [-0.1, -0.05) is 0 Å². The zero-order valence-electron chi connectivity index (χ0n) is 6.02. The molecule has 68 valence electrons. The molecular weight excluding hydrogens is 192 g/mol. The van der Waals surface area contributed by atoms with Gasteiger partial charge in [-0.25, -0.2) is 8.42 Å². The summed E-state index contributed by atoms with van der Waals surface area (Å²) in [5, 5.41) is 0. The molecule has 7 heteroatoms. The van der Waals surface area contributed by atoms with Gasteiger partial charge in [0.1, 0.15) is 10.7 Å². The summed E-state index contributed by atoms with van der Waals surface area (Å²) in [4.78, 5) is 0. The Morgan fingerprint density at radius 3 is 2.27 bits per heavy atom. The number of hydrogen-bond donors (Lipinski definition) is 1. The van der Waals surface area contributed by atoms with Gasteiger partial charge < -0.3 is 0 Å². The van der Waals surface area contributed by atoms with Crippen LogP contribution in [0, 0.1) is 0 Å². The van der Waals surface area contributed by atoms with Gasteiger partial charge in [-0.3, -0.25) is 4.18 Å². The third-order valence-electron chi connectivity index (χ3n) is 0.821. The van der Waals surface area contributed by atoms with Crippen LogP contribution in [0.5, 0.6) is 0 Å². The highest BCUT2D eigenvalue weighted by atomic mass is 32.2. The predicted octanol–water partition coefficient (Wildman–Crippen LogP) is -1.04. The molecule has 0 saturated heterocycles. The average molecular weight is 202 g/mol. The highest BCUT2D eigenvalue weighted by Gasteiger charge is 2.09. The predicted molar refractivity (Wildman–Crippen MR) is 40.6 cm³/mol. The van der Waals surface area contributed by atoms with E-state index in [0.29, 0.717) is 0 Å². The molecule has 0 rings (SSSR count). The van der Waals surface area contributed by atoms with Gasteiger partial charge in [0, 0.05) is 0 Å². The van der Waals surface area contributed by atoms with E-state index in [2.05, 4.69) is 4.18 Å². The van der Waals surface area contributed by atoms with E-state index in [0.717, 1.165) is 0 Å². The minimum absolute atomic E-state index is 0.0397. The maximum atomic E-state index is 10.6. The molecule has 0 aliphatic heterocycles. The number of rotatable bonds is 5. The minimum Gasteiger partial charge on any atom is -0.270 e. The molecule has 0 aromatic carbocycles. The smallest absolute Gasteiger partial charge is 0.268 e. The zero-order valence-corrected chi connectivity index (χ0v) is 7.73. The molecule has 0 fully saturated rings. The molecule has 11 heavy (non-hydrogen) atoms. The minimum atomic E-state index is -3.61. The molecule has 0 unspecified atom stereocenters. The third-order valence-corrected chi connectivity index (χ3v) is 3.01. The highest BCUT2D eigenvalue weighted by Crippen LogP contribution is 1.91.